The maximum Gasteiger partial charge on any atom is 0.186 e. The fourth-order valence-electron chi connectivity index (χ4n) is 1.18. The van der Waals surface area contributed by atoms with E-state index in [1.54, 1.807) is 20.3 Å². The average Bonchev–Trinajstić information content (AvgIpc) is 2.34. The van der Waals surface area contributed by atoms with E-state index in [2.05, 4.69) is 11.8 Å². The molecule has 0 spiro atoms. The fraction of sp³-hybridized carbons (Fsp3) is 0.308. The lowest BCUT2D eigenvalue weighted by Gasteiger charge is -2.05. The highest BCUT2D eigenvalue weighted by molar-refractivity contribution is 8.13. The number of benzene rings is 1. The molecule has 0 N–H and O–H groups in total. The SMILES string of the molecule is COc1ccc(OC)c(C#CCSC(C)=O)c1. The molecule has 0 saturated heterocycles. The van der Waals surface area contributed by atoms with Crippen LogP contribution in [0.1, 0.15) is 12.5 Å². The number of hydrogen-bond donors (Lipinski definition) is 0. The Balaban J connectivity index is 2.83. The molecular weight excluding hydrogens is 236 g/mol. The third-order valence-corrected chi connectivity index (χ3v) is 2.67. The zero-order chi connectivity index (χ0) is 12.7. The highest BCUT2D eigenvalue weighted by Crippen LogP contribution is 2.22. The van der Waals surface area contributed by atoms with Crippen molar-refractivity contribution in [2.45, 2.75) is 6.92 Å². The molecule has 0 bridgehead atoms. The Morgan fingerprint density at radius 1 is 1.35 bits per heavy atom. The number of ether oxygens (including phenoxy) is 2. The molecule has 0 atom stereocenters. The third kappa shape index (κ3) is 4.41. The summed E-state index contributed by atoms with van der Waals surface area (Å²) in [7, 11) is 3.20. The number of carbonyl (C=O) groups excluding carboxylic acids is 1. The summed E-state index contributed by atoms with van der Waals surface area (Å²) in [5.74, 6) is 7.79. The predicted molar refractivity (Wildman–Crippen MR) is 69.6 cm³/mol. The quantitative estimate of drug-likeness (QED) is 0.771. The minimum atomic E-state index is 0.0666. The second-order valence-electron chi connectivity index (χ2n) is 3.15. The van der Waals surface area contributed by atoms with E-state index in [4.69, 9.17) is 9.47 Å². The molecule has 0 heterocycles. The minimum absolute atomic E-state index is 0.0666. The number of thioether (sulfide) groups is 1. The number of hydrogen-bond acceptors (Lipinski definition) is 4. The van der Waals surface area contributed by atoms with Crippen LogP contribution in [0.15, 0.2) is 18.2 Å². The van der Waals surface area contributed by atoms with Crippen LogP contribution in [0.25, 0.3) is 0 Å². The van der Waals surface area contributed by atoms with Crippen LogP contribution in [0.3, 0.4) is 0 Å². The van der Waals surface area contributed by atoms with E-state index in [0.717, 1.165) is 11.3 Å². The Morgan fingerprint density at radius 2 is 2.12 bits per heavy atom. The maximum absolute atomic E-state index is 10.7. The van der Waals surface area contributed by atoms with Crippen LogP contribution >= 0.6 is 11.8 Å². The molecule has 1 aromatic rings. The van der Waals surface area contributed by atoms with Crippen molar-refractivity contribution in [2.24, 2.45) is 0 Å². The van der Waals surface area contributed by atoms with Gasteiger partial charge in [0.25, 0.3) is 0 Å². The molecule has 0 radical (unpaired) electrons. The van der Waals surface area contributed by atoms with E-state index in [0.29, 0.717) is 11.5 Å². The van der Waals surface area contributed by atoms with Crippen molar-refractivity contribution in [1.29, 1.82) is 0 Å². The molecule has 0 fully saturated rings. The Labute approximate surface area is 105 Å². The molecule has 0 aliphatic heterocycles. The Kier molecular flexibility index (Phi) is 5.44. The Hall–Kier alpha value is -1.60. The molecule has 0 aromatic heterocycles. The average molecular weight is 250 g/mol. The van der Waals surface area contributed by atoms with Gasteiger partial charge in [-0.05, 0) is 18.2 Å². The predicted octanol–water partition coefficient (Wildman–Crippen LogP) is 2.33. The number of methoxy groups -OCH3 is 2. The first-order valence-corrected chi connectivity index (χ1v) is 6.00. The van der Waals surface area contributed by atoms with Gasteiger partial charge in [0.1, 0.15) is 11.5 Å². The lowest BCUT2D eigenvalue weighted by Crippen LogP contribution is -1.90. The van der Waals surface area contributed by atoms with Crippen LogP contribution in [-0.4, -0.2) is 25.1 Å². The van der Waals surface area contributed by atoms with Gasteiger partial charge in [-0.25, -0.2) is 0 Å². The van der Waals surface area contributed by atoms with Gasteiger partial charge in [0, 0.05) is 6.92 Å². The summed E-state index contributed by atoms with van der Waals surface area (Å²) in [6.45, 7) is 1.53. The smallest absolute Gasteiger partial charge is 0.186 e. The van der Waals surface area contributed by atoms with Crippen LogP contribution in [0.4, 0.5) is 0 Å². The van der Waals surface area contributed by atoms with E-state index in [1.807, 2.05) is 12.1 Å². The molecule has 0 saturated carbocycles. The largest absolute Gasteiger partial charge is 0.497 e. The van der Waals surface area contributed by atoms with Crippen molar-refractivity contribution in [3.05, 3.63) is 23.8 Å². The molecule has 4 heteroatoms. The van der Waals surface area contributed by atoms with Gasteiger partial charge in [-0.2, -0.15) is 0 Å². The lowest BCUT2D eigenvalue weighted by molar-refractivity contribution is -0.109. The first kappa shape index (κ1) is 13.5. The third-order valence-electron chi connectivity index (χ3n) is 1.98. The summed E-state index contributed by atoms with van der Waals surface area (Å²) in [6.07, 6.45) is 0. The standard InChI is InChI=1S/C13H14O3S/c1-10(14)17-8-4-5-11-9-12(15-2)6-7-13(11)16-3/h6-7,9H,8H2,1-3H3. The summed E-state index contributed by atoms with van der Waals surface area (Å²) >= 11 is 1.19. The molecule has 17 heavy (non-hydrogen) atoms. The molecule has 90 valence electrons. The maximum atomic E-state index is 10.7. The molecule has 0 amide bonds. The van der Waals surface area contributed by atoms with Gasteiger partial charge in [-0.3, -0.25) is 4.79 Å². The lowest BCUT2D eigenvalue weighted by atomic mass is 10.2. The zero-order valence-corrected chi connectivity index (χ0v) is 10.9. The van der Waals surface area contributed by atoms with Crippen LogP contribution in [0.2, 0.25) is 0 Å². The molecular formula is C13H14O3S. The van der Waals surface area contributed by atoms with Crippen LogP contribution in [0, 0.1) is 11.8 Å². The molecule has 1 aromatic carbocycles. The van der Waals surface area contributed by atoms with Crippen molar-refractivity contribution in [3.8, 4) is 23.3 Å². The summed E-state index contributed by atoms with van der Waals surface area (Å²) < 4.78 is 10.3. The molecule has 0 aliphatic rings. The van der Waals surface area contributed by atoms with Gasteiger partial charge < -0.3 is 9.47 Å². The van der Waals surface area contributed by atoms with Crippen LogP contribution in [0.5, 0.6) is 11.5 Å². The normalized spacial score (nSPS) is 9.12. The first-order valence-electron chi connectivity index (χ1n) is 5.01. The summed E-state index contributed by atoms with van der Waals surface area (Å²) in [6, 6.07) is 5.43. The van der Waals surface area contributed by atoms with E-state index < -0.39 is 0 Å². The van der Waals surface area contributed by atoms with E-state index in [-0.39, 0.29) is 5.12 Å². The van der Waals surface area contributed by atoms with Gasteiger partial charge in [0.05, 0.1) is 25.5 Å². The van der Waals surface area contributed by atoms with Gasteiger partial charge in [-0.1, -0.05) is 23.6 Å². The molecule has 0 unspecified atom stereocenters. The number of rotatable bonds is 3. The van der Waals surface area contributed by atoms with E-state index >= 15 is 0 Å². The highest BCUT2D eigenvalue weighted by atomic mass is 32.2. The monoisotopic (exact) mass is 250 g/mol. The Bertz CT molecular complexity index is 457. The number of carbonyl (C=O) groups is 1. The van der Waals surface area contributed by atoms with Gasteiger partial charge in [0.15, 0.2) is 5.12 Å². The molecule has 1 rings (SSSR count). The summed E-state index contributed by atoms with van der Waals surface area (Å²) in [5.41, 5.74) is 0.760. The second kappa shape index (κ2) is 6.87. The van der Waals surface area contributed by atoms with Gasteiger partial charge in [-0.15, -0.1) is 0 Å². The van der Waals surface area contributed by atoms with Crippen molar-refractivity contribution < 1.29 is 14.3 Å². The van der Waals surface area contributed by atoms with Gasteiger partial charge in [0.2, 0.25) is 0 Å². The van der Waals surface area contributed by atoms with Crippen molar-refractivity contribution >= 4 is 16.9 Å². The molecule has 3 nitrogen and oxygen atoms in total. The van der Waals surface area contributed by atoms with Crippen LogP contribution in [-0.2, 0) is 4.79 Å². The first-order chi connectivity index (χ1) is 8.17. The van der Waals surface area contributed by atoms with Crippen LogP contribution < -0.4 is 9.47 Å². The van der Waals surface area contributed by atoms with Crippen molar-refractivity contribution in [3.63, 3.8) is 0 Å². The Morgan fingerprint density at radius 3 is 2.71 bits per heavy atom. The van der Waals surface area contributed by atoms with Crippen molar-refractivity contribution in [2.75, 3.05) is 20.0 Å². The van der Waals surface area contributed by atoms with E-state index in [9.17, 15) is 4.79 Å². The topological polar surface area (TPSA) is 35.5 Å². The van der Waals surface area contributed by atoms with Gasteiger partial charge >= 0.3 is 0 Å². The van der Waals surface area contributed by atoms with E-state index in [1.165, 1.54) is 18.7 Å². The minimum Gasteiger partial charge on any atom is -0.497 e. The highest BCUT2D eigenvalue weighted by Gasteiger charge is 2.01. The fourth-order valence-corrected chi connectivity index (χ4v) is 1.53. The van der Waals surface area contributed by atoms with Crippen molar-refractivity contribution in [1.82, 2.24) is 0 Å². The molecule has 0 aliphatic carbocycles. The zero-order valence-electron chi connectivity index (χ0n) is 10.1. The summed E-state index contributed by atoms with van der Waals surface area (Å²) in [5, 5.41) is 0.0666. The second-order valence-corrected chi connectivity index (χ2v) is 4.30. The summed E-state index contributed by atoms with van der Waals surface area (Å²) in [4.78, 5) is 10.7.